The van der Waals surface area contributed by atoms with Crippen molar-refractivity contribution in [1.29, 1.82) is 0 Å². The van der Waals surface area contributed by atoms with Crippen LogP contribution >= 0.6 is 0 Å². The van der Waals surface area contributed by atoms with Crippen molar-refractivity contribution in [3.05, 3.63) is 77.1 Å². The fourth-order valence-corrected chi connectivity index (χ4v) is 3.09. The molecule has 1 heterocycles. The summed E-state index contributed by atoms with van der Waals surface area (Å²) in [7, 11) is 1.57. The van der Waals surface area contributed by atoms with Crippen LogP contribution in [0.15, 0.2) is 65.9 Å². The minimum absolute atomic E-state index is 0.131. The summed E-state index contributed by atoms with van der Waals surface area (Å²) in [6, 6.07) is 16.0. The average Bonchev–Trinajstić information content (AvgIpc) is 2.88. The molecule has 1 atom stereocenters. The second-order valence-corrected chi connectivity index (χ2v) is 5.91. The van der Waals surface area contributed by atoms with Gasteiger partial charge < -0.3 is 14.7 Å². The van der Waals surface area contributed by atoms with Crippen LogP contribution in [0.25, 0.3) is 0 Å². The summed E-state index contributed by atoms with van der Waals surface area (Å²) in [6.45, 7) is 1.67. The first-order valence-corrected chi connectivity index (χ1v) is 7.96. The Labute approximate surface area is 146 Å². The Morgan fingerprint density at radius 1 is 1.12 bits per heavy atom. The van der Waals surface area contributed by atoms with Gasteiger partial charge in [-0.2, -0.15) is 0 Å². The number of rotatable bonds is 5. The van der Waals surface area contributed by atoms with Gasteiger partial charge in [-0.1, -0.05) is 42.5 Å². The number of aliphatic hydroxyl groups excluding tert-OH is 1. The Hall–Kier alpha value is -3.08. The molecule has 1 unspecified atom stereocenters. The van der Waals surface area contributed by atoms with Gasteiger partial charge in [-0.3, -0.25) is 9.59 Å². The molecule has 0 saturated carbocycles. The van der Waals surface area contributed by atoms with Crippen LogP contribution in [0.3, 0.4) is 0 Å². The zero-order valence-electron chi connectivity index (χ0n) is 14.1. The lowest BCUT2D eigenvalue weighted by Crippen LogP contribution is -2.30. The largest absolute Gasteiger partial charge is 0.503 e. The fourth-order valence-electron chi connectivity index (χ4n) is 3.09. The number of methoxy groups -OCH3 is 1. The predicted molar refractivity (Wildman–Crippen MR) is 93.1 cm³/mol. The average molecular weight is 337 g/mol. The molecule has 0 radical (unpaired) electrons. The summed E-state index contributed by atoms with van der Waals surface area (Å²) in [6.07, 6.45) is 0. The first-order chi connectivity index (χ1) is 12.0. The van der Waals surface area contributed by atoms with Crippen LogP contribution in [-0.4, -0.2) is 28.8 Å². The van der Waals surface area contributed by atoms with E-state index in [2.05, 4.69) is 0 Å². The van der Waals surface area contributed by atoms with E-state index in [0.29, 0.717) is 12.3 Å². The number of carbonyl (C=O) groups is 2. The van der Waals surface area contributed by atoms with E-state index in [1.165, 1.54) is 11.8 Å². The van der Waals surface area contributed by atoms with Gasteiger partial charge in [-0.15, -0.1) is 0 Å². The minimum atomic E-state index is -0.615. The molecule has 128 valence electrons. The van der Waals surface area contributed by atoms with Gasteiger partial charge in [0.2, 0.25) is 0 Å². The lowest BCUT2D eigenvalue weighted by molar-refractivity contribution is -0.130. The molecule has 2 aromatic carbocycles. The highest BCUT2D eigenvalue weighted by Gasteiger charge is 2.42. The highest BCUT2D eigenvalue weighted by atomic mass is 16.5. The van der Waals surface area contributed by atoms with E-state index in [9.17, 15) is 14.7 Å². The molecule has 0 saturated heterocycles. The molecule has 5 nitrogen and oxygen atoms in total. The smallest absolute Gasteiger partial charge is 0.290 e. The number of amides is 1. The van der Waals surface area contributed by atoms with E-state index < -0.39 is 17.7 Å². The van der Waals surface area contributed by atoms with Gasteiger partial charge in [0.25, 0.3) is 5.91 Å². The van der Waals surface area contributed by atoms with E-state index >= 15 is 0 Å². The highest BCUT2D eigenvalue weighted by Crippen LogP contribution is 2.39. The van der Waals surface area contributed by atoms with Crippen LogP contribution in [-0.2, 0) is 16.1 Å². The van der Waals surface area contributed by atoms with Gasteiger partial charge >= 0.3 is 0 Å². The molecular weight excluding hydrogens is 318 g/mol. The normalized spacial score (nSPS) is 17.1. The van der Waals surface area contributed by atoms with Crippen molar-refractivity contribution in [2.45, 2.75) is 19.5 Å². The van der Waals surface area contributed by atoms with Crippen LogP contribution in [0.4, 0.5) is 0 Å². The molecule has 1 N–H and O–H groups in total. The van der Waals surface area contributed by atoms with Crippen molar-refractivity contribution in [1.82, 2.24) is 4.90 Å². The predicted octanol–water partition coefficient (Wildman–Crippen LogP) is 3.18. The fraction of sp³-hybridized carbons (Fsp3) is 0.200. The van der Waals surface area contributed by atoms with Gasteiger partial charge in [0.05, 0.1) is 18.7 Å². The maximum Gasteiger partial charge on any atom is 0.290 e. The zero-order valence-corrected chi connectivity index (χ0v) is 14.1. The standard InChI is InChI=1S/C20H19NO4/c1-13(22)17-18(15-8-10-16(25-2)11-9-15)21(20(24)19(17)23)12-14-6-4-3-5-7-14/h3-11,18,23H,12H2,1-2H3. The summed E-state index contributed by atoms with van der Waals surface area (Å²) < 4.78 is 5.16. The van der Waals surface area contributed by atoms with Crippen LogP contribution in [0.1, 0.15) is 24.1 Å². The summed E-state index contributed by atoms with van der Waals surface area (Å²) in [5, 5.41) is 10.3. The van der Waals surface area contributed by atoms with Gasteiger partial charge in [0, 0.05) is 6.54 Å². The van der Waals surface area contributed by atoms with Crippen molar-refractivity contribution >= 4 is 11.7 Å². The monoisotopic (exact) mass is 337 g/mol. The Morgan fingerprint density at radius 3 is 2.32 bits per heavy atom. The van der Waals surface area contributed by atoms with Gasteiger partial charge in [-0.05, 0) is 30.2 Å². The molecule has 1 amide bonds. The number of Topliss-reactive ketones (excluding diaryl/α,β-unsaturated/α-hetero) is 1. The molecular formula is C20H19NO4. The third kappa shape index (κ3) is 3.13. The Bertz CT molecular complexity index is 825. The molecule has 5 heteroatoms. The molecule has 1 aliphatic heterocycles. The van der Waals surface area contributed by atoms with Gasteiger partial charge in [0.1, 0.15) is 5.75 Å². The molecule has 0 bridgehead atoms. The second kappa shape index (κ2) is 6.81. The van der Waals surface area contributed by atoms with Crippen molar-refractivity contribution in [2.24, 2.45) is 0 Å². The van der Waals surface area contributed by atoms with Crippen molar-refractivity contribution in [3.63, 3.8) is 0 Å². The van der Waals surface area contributed by atoms with Crippen molar-refractivity contribution in [2.75, 3.05) is 7.11 Å². The van der Waals surface area contributed by atoms with Crippen LogP contribution in [0.5, 0.6) is 5.75 Å². The highest BCUT2D eigenvalue weighted by molar-refractivity contribution is 6.08. The van der Waals surface area contributed by atoms with Crippen molar-refractivity contribution in [3.8, 4) is 5.75 Å². The number of hydrogen-bond donors (Lipinski definition) is 1. The molecule has 1 aliphatic rings. The molecule has 0 aromatic heterocycles. The quantitative estimate of drug-likeness (QED) is 0.910. The van der Waals surface area contributed by atoms with Gasteiger partial charge in [-0.25, -0.2) is 0 Å². The summed E-state index contributed by atoms with van der Waals surface area (Å²) in [5.41, 5.74) is 1.80. The number of ether oxygens (including phenoxy) is 1. The van der Waals surface area contributed by atoms with Crippen LogP contribution in [0, 0.1) is 0 Å². The second-order valence-electron chi connectivity index (χ2n) is 5.91. The van der Waals surface area contributed by atoms with Crippen LogP contribution < -0.4 is 4.74 Å². The Morgan fingerprint density at radius 2 is 1.76 bits per heavy atom. The molecule has 25 heavy (non-hydrogen) atoms. The number of aliphatic hydroxyl groups is 1. The molecule has 3 rings (SSSR count). The lowest BCUT2D eigenvalue weighted by Gasteiger charge is -2.26. The number of hydrogen-bond acceptors (Lipinski definition) is 4. The summed E-state index contributed by atoms with van der Waals surface area (Å²) >= 11 is 0. The van der Waals surface area contributed by atoms with E-state index in [4.69, 9.17) is 4.74 Å². The van der Waals surface area contributed by atoms with E-state index in [1.807, 2.05) is 30.3 Å². The zero-order chi connectivity index (χ0) is 18.0. The number of ketones is 1. The number of carbonyl (C=O) groups excluding carboxylic acids is 2. The first kappa shape index (κ1) is 16.8. The Balaban J connectivity index is 2.03. The number of benzene rings is 2. The number of nitrogens with zero attached hydrogens (tertiary/aromatic N) is 1. The third-order valence-electron chi connectivity index (χ3n) is 4.31. The first-order valence-electron chi connectivity index (χ1n) is 7.96. The Kier molecular flexibility index (Phi) is 4.57. The van der Waals surface area contributed by atoms with Gasteiger partial charge in [0.15, 0.2) is 11.5 Å². The molecule has 0 aliphatic carbocycles. The van der Waals surface area contributed by atoms with Crippen LogP contribution in [0.2, 0.25) is 0 Å². The molecule has 0 fully saturated rings. The summed E-state index contributed by atoms with van der Waals surface area (Å²) in [5.74, 6) is -0.637. The SMILES string of the molecule is COc1ccc(C2C(C(C)=O)=C(O)C(=O)N2Cc2ccccc2)cc1. The van der Waals surface area contributed by atoms with E-state index in [0.717, 1.165) is 11.1 Å². The maximum atomic E-state index is 12.6. The van der Waals surface area contributed by atoms with E-state index in [-0.39, 0.29) is 11.4 Å². The lowest BCUT2D eigenvalue weighted by atomic mass is 9.96. The maximum absolute atomic E-state index is 12.6. The molecule has 0 spiro atoms. The van der Waals surface area contributed by atoms with Crippen molar-refractivity contribution < 1.29 is 19.4 Å². The summed E-state index contributed by atoms with van der Waals surface area (Å²) in [4.78, 5) is 26.2. The van der Waals surface area contributed by atoms with E-state index in [1.54, 1.807) is 31.4 Å². The minimum Gasteiger partial charge on any atom is -0.503 e. The molecule has 2 aromatic rings. The topological polar surface area (TPSA) is 66.8 Å². The third-order valence-corrected chi connectivity index (χ3v) is 4.31.